The molecule has 0 atom stereocenters. The van der Waals surface area contributed by atoms with Crippen LogP contribution in [0.25, 0.3) is 101 Å². The van der Waals surface area contributed by atoms with Gasteiger partial charge in [0.05, 0.1) is 23.0 Å². The fraction of sp³-hybridized carbons (Fsp3) is 0. The molecule has 10 rings (SSSR count). The lowest BCUT2D eigenvalue weighted by Gasteiger charge is -2.13. The van der Waals surface area contributed by atoms with E-state index in [0.717, 1.165) is 77.8 Å². The minimum Gasteiger partial charge on any atom is -0.228 e. The van der Waals surface area contributed by atoms with E-state index in [2.05, 4.69) is 91.0 Å². The second kappa shape index (κ2) is 15.9. The summed E-state index contributed by atoms with van der Waals surface area (Å²) in [4.78, 5) is 25.2. The van der Waals surface area contributed by atoms with Gasteiger partial charge in [-0.25, -0.2) is 24.9 Å². The molecule has 0 aliphatic heterocycles. The van der Waals surface area contributed by atoms with Gasteiger partial charge in [0.2, 0.25) is 0 Å². The fourth-order valence-electron chi connectivity index (χ4n) is 7.64. The molecule has 0 amide bonds. The first-order valence-corrected chi connectivity index (χ1v) is 19.7. The first-order chi connectivity index (χ1) is 29.7. The molecule has 0 radical (unpaired) electrons. The van der Waals surface area contributed by atoms with Crippen LogP contribution in [0.4, 0.5) is 0 Å². The Bertz CT molecular complexity index is 3140. The van der Waals surface area contributed by atoms with E-state index in [1.54, 1.807) is 0 Å². The van der Waals surface area contributed by atoms with Crippen molar-refractivity contribution in [1.29, 1.82) is 5.26 Å². The van der Waals surface area contributed by atoms with E-state index in [1.807, 2.05) is 121 Å². The van der Waals surface area contributed by atoms with Crippen LogP contribution in [0.3, 0.4) is 0 Å². The molecule has 280 valence electrons. The van der Waals surface area contributed by atoms with E-state index in [9.17, 15) is 5.26 Å². The zero-order valence-electron chi connectivity index (χ0n) is 32.3. The van der Waals surface area contributed by atoms with Crippen molar-refractivity contribution in [2.24, 2.45) is 0 Å². The van der Waals surface area contributed by atoms with Gasteiger partial charge in [0.25, 0.3) is 0 Å². The molecule has 0 bridgehead atoms. The van der Waals surface area contributed by atoms with Crippen molar-refractivity contribution < 1.29 is 0 Å². The van der Waals surface area contributed by atoms with Crippen LogP contribution < -0.4 is 0 Å². The number of hydrogen-bond acceptors (Lipinski definition) is 6. The highest BCUT2D eigenvalue weighted by Crippen LogP contribution is 2.36. The van der Waals surface area contributed by atoms with E-state index in [-0.39, 0.29) is 0 Å². The van der Waals surface area contributed by atoms with Crippen LogP contribution in [0, 0.1) is 11.3 Å². The van der Waals surface area contributed by atoms with Crippen LogP contribution in [-0.4, -0.2) is 24.9 Å². The Kier molecular flexibility index (Phi) is 9.51. The third-order valence-electron chi connectivity index (χ3n) is 10.6. The molecule has 6 nitrogen and oxygen atoms in total. The fourth-order valence-corrected chi connectivity index (χ4v) is 7.64. The molecule has 0 spiro atoms. The summed E-state index contributed by atoms with van der Waals surface area (Å²) in [5.41, 5.74) is 12.1. The molecule has 6 heteroatoms. The van der Waals surface area contributed by atoms with Gasteiger partial charge in [-0.05, 0) is 45.8 Å². The lowest BCUT2D eigenvalue weighted by molar-refractivity contribution is 1.07. The molecule has 0 aliphatic rings. The Morgan fingerprint density at radius 1 is 0.283 bits per heavy atom. The highest BCUT2D eigenvalue weighted by molar-refractivity contribution is 6.00. The number of benzene rings is 8. The molecule has 8 aromatic carbocycles. The van der Waals surface area contributed by atoms with Crippen molar-refractivity contribution in [3.05, 3.63) is 212 Å². The predicted molar refractivity (Wildman–Crippen MR) is 241 cm³/mol. The summed E-state index contributed by atoms with van der Waals surface area (Å²) in [5.74, 6) is 2.41. The molecule has 60 heavy (non-hydrogen) atoms. The summed E-state index contributed by atoms with van der Waals surface area (Å²) in [6, 6.07) is 71.7. The second-order valence-corrected chi connectivity index (χ2v) is 14.4. The summed E-state index contributed by atoms with van der Waals surface area (Å²) in [5, 5.41) is 11.7. The maximum atomic E-state index is 9.78. The molecular formula is C54H34N6. The summed E-state index contributed by atoms with van der Waals surface area (Å²) in [6.07, 6.45) is 0. The Morgan fingerprint density at radius 3 is 1.40 bits per heavy atom. The smallest absolute Gasteiger partial charge is 0.164 e. The van der Waals surface area contributed by atoms with Crippen molar-refractivity contribution in [3.8, 4) is 96.4 Å². The standard InChI is InChI=1S/C54H34N6/c55-35-43-31-32-46(47-25-12-10-24-45(43)47)41-21-14-22-42(33-41)54-59-52(39-19-8-3-9-20-39)58-53(60-54)40-29-27-36(28-30-40)44-23-11-13-26-48(44)50-34-49(37-15-4-1-5-16-37)56-51(57-50)38-17-6-2-7-18-38/h1-34H. The Labute approximate surface area is 347 Å². The zero-order chi connectivity index (χ0) is 40.3. The van der Waals surface area contributed by atoms with E-state index in [4.69, 9.17) is 24.9 Å². The molecule has 0 aliphatic carbocycles. The predicted octanol–water partition coefficient (Wildman–Crippen LogP) is 13.0. The van der Waals surface area contributed by atoms with Crippen LogP contribution in [-0.2, 0) is 0 Å². The minimum atomic E-state index is 0.570. The Balaban J connectivity index is 1.05. The minimum absolute atomic E-state index is 0.570. The molecule has 0 saturated heterocycles. The summed E-state index contributed by atoms with van der Waals surface area (Å²) in [6.45, 7) is 0. The highest BCUT2D eigenvalue weighted by atomic mass is 15.0. The number of nitrogens with zero attached hydrogens (tertiary/aromatic N) is 6. The molecule has 10 aromatic rings. The normalized spacial score (nSPS) is 11.0. The maximum absolute atomic E-state index is 9.78. The quantitative estimate of drug-likeness (QED) is 0.153. The van der Waals surface area contributed by atoms with Crippen LogP contribution in [0.5, 0.6) is 0 Å². The first-order valence-electron chi connectivity index (χ1n) is 19.7. The molecule has 0 fully saturated rings. The zero-order valence-corrected chi connectivity index (χ0v) is 32.3. The van der Waals surface area contributed by atoms with E-state index < -0.39 is 0 Å². The average Bonchev–Trinajstić information content (AvgIpc) is 3.34. The third kappa shape index (κ3) is 7.08. The molecule has 0 unspecified atom stereocenters. The molecule has 2 heterocycles. The van der Waals surface area contributed by atoms with Gasteiger partial charge in [0.15, 0.2) is 23.3 Å². The average molecular weight is 767 g/mol. The maximum Gasteiger partial charge on any atom is 0.164 e. The lowest BCUT2D eigenvalue weighted by atomic mass is 9.94. The number of hydrogen-bond donors (Lipinski definition) is 0. The SMILES string of the molecule is N#Cc1ccc(-c2cccc(-c3nc(-c4ccccc4)nc(-c4ccc(-c5ccccc5-c5cc(-c6ccccc6)nc(-c6ccccc6)n5)cc4)n3)c2)c2ccccc12. The molecule has 0 N–H and O–H groups in total. The highest BCUT2D eigenvalue weighted by Gasteiger charge is 2.17. The van der Waals surface area contributed by atoms with Gasteiger partial charge >= 0.3 is 0 Å². The third-order valence-corrected chi connectivity index (χ3v) is 10.6. The van der Waals surface area contributed by atoms with Gasteiger partial charge in [0, 0.05) is 38.8 Å². The number of aromatic nitrogens is 5. The van der Waals surface area contributed by atoms with Crippen molar-refractivity contribution in [2.45, 2.75) is 0 Å². The summed E-state index contributed by atoms with van der Waals surface area (Å²) < 4.78 is 0. The topological polar surface area (TPSA) is 88.2 Å². The van der Waals surface area contributed by atoms with Crippen LogP contribution in [0.1, 0.15) is 5.56 Å². The molecular weight excluding hydrogens is 733 g/mol. The van der Waals surface area contributed by atoms with Crippen molar-refractivity contribution in [1.82, 2.24) is 24.9 Å². The van der Waals surface area contributed by atoms with Gasteiger partial charge in [-0.3, -0.25) is 0 Å². The van der Waals surface area contributed by atoms with Crippen molar-refractivity contribution in [2.75, 3.05) is 0 Å². The molecule has 2 aromatic heterocycles. The van der Waals surface area contributed by atoms with Crippen molar-refractivity contribution >= 4 is 10.8 Å². The van der Waals surface area contributed by atoms with Gasteiger partial charge < -0.3 is 0 Å². The number of rotatable bonds is 8. The number of nitriles is 1. The molecule has 0 saturated carbocycles. The summed E-state index contributed by atoms with van der Waals surface area (Å²) >= 11 is 0. The largest absolute Gasteiger partial charge is 0.228 e. The summed E-state index contributed by atoms with van der Waals surface area (Å²) in [7, 11) is 0. The van der Waals surface area contributed by atoms with E-state index in [1.165, 1.54) is 0 Å². The van der Waals surface area contributed by atoms with Gasteiger partial charge in [0.1, 0.15) is 0 Å². The monoisotopic (exact) mass is 766 g/mol. The van der Waals surface area contributed by atoms with Gasteiger partial charge in [-0.15, -0.1) is 0 Å². The number of fused-ring (bicyclic) bond motifs is 1. The van der Waals surface area contributed by atoms with Crippen LogP contribution >= 0.6 is 0 Å². The van der Waals surface area contributed by atoms with Gasteiger partial charge in [-0.2, -0.15) is 5.26 Å². The lowest BCUT2D eigenvalue weighted by Crippen LogP contribution is -2.00. The first kappa shape index (κ1) is 36.0. The Hall–Kier alpha value is -8.40. The van der Waals surface area contributed by atoms with E-state index in [0.29, 0.717) is 28.9 Å². The van der Waals surface area contributed by atoms with Gasteiger partial charge in [-0.1, -0.05) is 188 Å². The van der Waals surface area contributed by atoms with E-state index >= 15 is 0 Å². The Morgan fingerprint density at radius 2 is 0.750 bits per heavy atom. The second-order valence-electron chi connectivity index (χ2n) is 14.4. The van der Waals surface area contributed by atoms with Crippen LogP contribution in [0.15, 0.2) is 206 Å². The van der Waals surface area contributed by atoms with Crippen LogP contribution in [0.2, 0.25) is 0 Å². The van der Waals surface area contributed by atoms with Crippen molar-refractivity contribution in [3.63, 3.8) is 0 Å².